The fourth-order valence-corrected chi connectivity index (χ4v) is 2.32. The van der Waals surface area contributed by atoms with Gasteiger partial charge >= 0.3 is 0 Å². The number of carbonyl (C=O) groups is 1. The van der Waals surface area contributed by atoms with Gasteiger partial charge < -0.3 is 24.1 Å². The number of aliphatic hydroxyl groups is 1. The van der Waals surface area contributed by atoms with Crippen molar-refractivity contribution in [2.75, 3.05) is 26.4 Å². The van der Waals surface area contributed by atoms with E-state index in [1.54, 1.807) is 24.3 Å². The van der Waals surface area contributed by atoms with E-state index in [0.29, 0.717) is 43.5 Å². The third kappa shape index (κ3) is 3.78. The Bertz CT molecular complexity index is 713. The highest BCUT2D eigenvalue weighted by atomic mass is 16.6. The number of ether oxygens (including phenoxy) is 4. The first kappa shape index (κ1) is 16.1. The zero-order valence-electron chi connectivity index (χ0n) is 13.1. The Morgan fingerprint density at radius 2 is 1.33 bits per heavy atom. The van der Waals surface area contributed by atoms with Gasteiger partial charge in [0.05, 0.1) is 6.61 Å². The molecule has 0 bridgehead atoms. The van der Waals surface area contributed by atoms with E-state index in [4.69, 9.17) is 24.1 Å². The van der Waals surface area contributed by atoms with E-state index in [1.807, 2.05) is 12.1 Å². The number of hydrogen-bond donors (Lipinski definition) is 1. The van der Waals surface area contributed by atoms with Crippen molar-refractivity contribution in [2.24, 2.45) is 0 Å². The summed E-state index contributed by atoms with van der Waals surface area (Å²) < 4.78 is 21.2. The van der Waals surface area contributed by atoms with Crippen LogP contribution in [0.2, 0.25) is 0 Å². The van der Waals surface area contributed by atoms with Crippen LogP contribution in [0.15, 0.2) is 36.4 Å². The molecule has 2 heterocycles. The summed E-state index contributed by atoms with van der Waals surface area (Å²) in [6.45, 7) is 2.35. The van der Waals surface area contributed by atoms with Crippen molar-refractivity contribution in [2.45, 2.75) is 6.61 Å². The molecule has 6 nitrogen and oxygen atoms in total. The van der Waals surface area contributed by atoms with Gasteiger partial charge in [-0.25, -0.2) is 0 Å². The van der Waals surface area contributed by atoms with E-state index in [2.05, 4.69) is 0 Å². The lowest BCUT2D eigenvalue weighted by Gasteiger charge is -2.18. The molecule has 0 aliphatic carbocycles. The molecule has 0 saturated heterocycles. The molecule has 0 aromatic heterocycles. The van der Waals surface area contributed by atoms with Gasteiger partial charge in [-0.3, -0.25) is 4.79 Å². The second kappa shape index (κ2) is 7.70. The van der Waals surface area contributed by atoms with Crippen LogP contribution in [-0.4, -0.2) is 37.8 Å². The fraction of sp³-hybridized carbons (Fsp3) is 0.278. The van der Waals surface area contributed by atoms with Crippen LogP contribution in [-0.2, 0) is 6.61 Å². The summed E-state index contributed by atoms with van der Waals surface area (Å²) in [5.74, 6) is 2.86. The van der Waals surface area contributed by atoms with Gasteiger partial charge in [-0.1, -0.05) is 6.07 Å². The fourth-order valence-electron chi connectivity index (χ4n) is 2.32. The molecule has 0 fully saturated rings. The third-order valence-corrected chi connectivity index (χ3v) is 3.49. The number of benzene rings is 2. The maximum absolute atomic E-state index is 10.4. The first-order valence-corrected chi connectivity index (χ1v) is 7.64. The van der Waals surface area contributed by atoms with Crippen molar-refractivity contribution in [3.8, 4) is 23.0 Å². The topological polar surface area (TPSA) is 74.2 Å². The van der Waals surface area contributed by atoms with Crippen LogP contribution in [0.4, 0.5) is 0 Å². The number of carbonyl (C=O) groups excluding carboxylic acids is 1. The van der Waals surface area contributed by atoms with Crippen LogP contribution in [0.1, 0.15) is 15.9 Å². The summed E-state index contributed by atoms with van der Waals surface area (Å²) in [4.78, 5) is 10.4. The molecule has 2 aliphatic rings. The molecule has 0 saturated carbocycles. The molecule has 6 heteroatoms. The average molecular weight is 330 g/mol. The summed E-state index contributed by atoms with van der Waals surface area (Å²) >= 11 is 0. The third-order valence-electron chi connectivity index (χ3n) is 3.49. The highest BCUT2D eigenvalue weighted by Gasteiger charge is 2.11. The zero-order chi connectivity index (χ0) is 16.8. The number of fused-ring (bicyclic) bond motifs is 2. The quantitative estimate of drug-likeness (QED) is 0.851. The first-order chi connectivity index (χ1) is 11.8. The second-order valence-corrected chi connectivity index (χ2v) is 5.16. The summed E-state index contributed by atoms with van der Waals surface area (Å²) in [6.07, 6.45) is 0.790. The van der Waals surface area contributed by atoms with Gasteiger partial charge in [0.2, 0.25) is 0 Å². The zero-order valence-corrected chi connectivity index (χ0v) is 13.1. The molecule has 0 spiro atoms. The molecule has 2 aromatic rings. The molecule has 4 rings (SSSR count). The molecule has 126 valence electrons. The molecule has 2 aliphatic heterocycles. The minimum absolute atomic E-state index is 0.0383. The van der Waals surface area contributed by atoms with Crippen molar-refractivity contribution >= 4 is 6.29 Å². The van der Waals surface area contributed by atoms with E-state index in [9.17, 15) is 4.79 Å². The molecule has 0 atom stereocenters. The van der Waals surface area contributed by atoms with Gasteiger partial charge in [0.25, 0.3) is 0 Å². The largest absolute Gasteiger partial charge is 0.486 e. The Labute approximate surface area is 139 Å². The van der Waals surface area contributed by atoms with Crippen LogP contribution in [0.25, 0.3) is 0 Å². The van der Waals surface area contributed by atoms with E-state index in [1.165, 1.54) is 0 Å². The second-order valence-electron chi connectivity index (χ2n) is 5.16. The normalized spacial score (nSPS) is 14.2. The Kier molecular flexibility index (Phi) is 5.18. The van der Waals surface area contributed by atoms with Crippen molar-refractivity contribution in [3.63, 3.8) is 0 Å². The van der Waals surface area contributed by atoms with Crippen LogP contribution in [0.5, 0.6) is 23.0 Å². The Morgan fingerprint density at radius 3 is 1.92 bits per heavy atom. The predicted molar refractivity (Wildman–Crippen MR) is 86.2 cm³/mol. The maximum Gasteiger partial charge on any atom is 0.162 e. The molecule has 2 aromatic carbocycles. The highest BCUT2D eigenvalue weighted by Crippen LogP contribution is 2.31. The van der Waals surface area contributed by atoms with Crippen LogP contribution >= 0.6 is 0 Å². The summed E-state index contributed by atoms with van der Waals surface area (Å²) in [7, 11) is 0. The van der Waals surface area contributed by atoms with Gasteiger partial charge in [0.1, 0.15) is 32.7 Å². The molecule has 24 heavy (non-hydrogen) atoms. The summed E-state index contributed by atoms with van der Waals surface area (Å²) in [5.41, 5.74) is 1.46. The lowest BCUT2D eigenvalue weighted by Crippen LogP contribution is -2.15. The molecule has 0 radical (unpaired) electrons. The average Bonchev–Trinajstić information content (AvgIpc) is 2.67. The number of aldehydes is 1. The smallest absolute Gasteiger partial charge is 0.162 e. The SMILES string of the molecule is O=Cc1ccc2c(c1)OCCO2.OCc1ccc2c(c1)OCCO2. The molecule has 0 amide bonds. The van der Waals surface area contributed by atoms with Crippen LogP contribution in [0, 0.1) is 0 Å². The van der Waals surface area contributed by atoms with E-state index >= 15 is 0 Å². The monoisotopic (exact) mass is 330 g/mol. The lowest BCUT2D eigenvalue weighted by molar-refractivity contribution is 0.112. The van der Waals surface area contributed by atoms with Gasteiger partial charge in [-0.05, 0) is 35.9 Å². The van der Waals surface area contributed by atoms with E-state index in [0.717, 1.165) is 23.3 Å². The first-order valence-electron chi connectivity index (χ1n) is 7.64. The Balaban J connectivity index is 0.000000141. The summed E-state index contributed by atoms with van der Waals surface area (Å²) in [6, 6.07) is 10.6. The predicted octanol–water partition coefficient (Wildman–Crippen LogP) is 2.22. The molecular formula is C18H18O6. The summed E-state index contributed by atoms with van der Waals surface area (Å²) in [5, 5.41) is 8.84. The lowest BCUT2D eigenvalue weighted by atomic mass is 10.2. The van der Waals surface area contributed by atoms with Gasteiger partial charge in [-0.15, -0.1) is 0 Å². The Hall–Kier alpha value is -2.73. The van der Waals surface area contributed by atoms with Crippen molar-refractivity contribution in [3.05, 3.63) is 47.5 Å². The minimum Gasteiger partial charge on any atom is -0.486 e. The van der Waals surface area contributed by atoms with Crippen LogP contribution < -0.4 is 18.9 Å². The van der Waals surface area contributed by atoms with Crippen molar-refractivity contribution < 1.29 is 28.8 Å². The molecule has 1 N–H and O–H groups in total. The number of rotatable bonds is 2. The Morgan fingerprint density at radius 1 is 0.792 bits per heavy atom. The van der Waals surface area contributed by atoms with Crippen molar-refractivity contribution in [1.82, 2.24) is 0 Å². The molecule has 0 unspecified atom stereocenters. The van der Waals surface area contributed by atoms with Gasteiger partial charge in [0.15, 0.2) is 23.0 Å². The van der Waals surface area contributed by atoms with Crippen molar-refractivity contribution in [1.29, 1.82) is 0 Å². The minimum atomic E-state index is 0.0383. The maximum atomic E-state index is 10.4. The highest BCUT2D eigenvalue weighted by molar-refractivity contribution is 5.76. The number of hydrogen-bond acceptors (Lipinski definition) is 6. The molecular weight excluding hydrogens is 312 g/mol. The van der Waals surface area contributed by atoms with Gasteiger partial charge in [0, 0.05) is 5.56 Å². The van der Waals surface area contributed by atoms with Crippen LogP contribution in [0.3, 0.4) is 0 Å². The van der Waals surface area contributed by atoms with Gasteiger partial charge in [-0.2, -0.15) is 0 Å². The van der Waals surface area contributed by atoms with E-state index in [-0.39, 0.29) is 6.61 Å². The standard InChI is InChI=1S/C9H10O3.C9H8O3/c2*10-6-7-1-2-8-9(5-7)12-4-3-11-8/h1-2,5,10H,3-4,6H2;1-2,5-6H,3-4H2. The van der Waals surface area contributed by atoms with E-state index < -0.39 is 0 Å². The number of aliphatic hydroxyl groups excluding tert-OH is 1.